The summed E-state index contributed by atoms with van der Waals surface area (Å²) in [6.07, 6.45) is 0.884. The Morgan fingerprint density at radius 1 is 1.37 bits per heavy atom. The molecule has 2 fully saturated rings. The fourth-order valence-corrected chi connectivity index (χ4v) is 2.77. The van der Waals surface area contributed by atoms with Crippen molar-refractivity contribution in [1.29, 1.82) is 0 Å². The summed E-state index contributed by atoms with van der Waals surface area (Å²) >= 11 is 0. The van der Waals surface area contributed by atoms with Crippen LogP contribution in [0.25, 0.3) is 0 Å². The molecular formula is C12H12F2N2O3. The molecular weight excluding hydrogens is 258 g/mol. The van der Waals surface area contributed by atoms with Crippen molar-refractivity contribution in [2.75, 3.05) is 19.7 Å². The Morgan fingerprint density at radius 3 is 2.47 bits per heavy atom. The lowest BCUT2D eigenvalue weighted by molar-refractivity contribution is 0.144. The molecule has 1 saturated carbocycles. The largest absolute Gasteiger partial charge is 0.487 e. The van der Waals surface area contributed by atoms with Gasteiger partial charge >= 0.3 is 6.09 Å². The third-order valence-corrected chi connectivity index (χ3v) is 3.87. The molecule has 1 aromatic heterocycles. The van der Waals surface area contributed by atoms with E-state index in [1.54, 1.807) is 0 Å². The normalized spacial score (nSPS) is 28.1. The first-order valence-corrected chi connectivity index (χ1v) is 5.97. The van der Waals surface area contributed by atoms with Crippen molar-refractivity contribution >= 4 is 6.09 Å². The van der Waals surface area contributed by atoms with Crippen LogP contribution in [0.3, 0.4) is 0 Å². The van der Waals surface area contributed by atoms with E-state index in [0.717, 1.165) is 12.4 Å². The highest BCUT2D eigenvalue weighted by molar-refractivity contribution is 5.65. The molecule has 1 amide bonds. The zero-order valence-electron chi connectivity index (χ0n) is 9.92. The maximum Gasteiger partial charge on any atom is 0.407 e. The number of carboxylic acid groups (broad SMARTS) is 1. The average molecular weight is 270 g/mol. The molecule has 0 spiro atoms. The Balaban J connectivity index is 1.55. The molecule has 0 bridgehead atoms. The molecule has 3 rings (SSSR count). The van der Waals surface area contributed by atoms with Gasteiger partial charge in [0.1, 0.15) is 0 Å². The number of hydrogen-bond acceptors (Lipinski definition) is 3. The maximum absolute atomic E-state index is 13.3. The first-order chi connectivity index (χ1) is 9.08. The molecule has 1 aromatic rings. The number of ether oxygens (including phenoxy) is 1. The topological polar surface area (TPSA) is 62.7 Å². The molecule has 7 heteroatoms. The second kappa shape index (κ2) is 4.32. The first kappa shape index (κ1) is 12.1. The highest BCUT2D eigenvalue weighted by Gasteiger charge is 2.57. The Morgan fingerprint density at radius 2 is 1.95 bits per heavy atom. The fraction of sp³-hybridized carbons (Fsp3) is 0.500. The summed E-state index contributed by atoms with van der Waals surface area (Å²) in [4.78, 5) is 15.5. The smallest absolute Gasteiger partial charge is 0.407 e. The lowest BCUT2D eigenvalue weighted by atomic mass is 10.3. The number of hydrogen-bond donors (Lipinski definition) is 1. The Labute approximate surface area is 107 Å². The van der Waals surface area contributed by atoms with Gasteiger partial charge in [-0.25, -0.2) is 13.6 Å². The molecule has 1 aliphatic carbocycles. The average Bonchev–Trinajstić information content (AvgIpc) is 2.82. The number of carbonyl (C=O) groups is 1. The molecule has 102 valence electrons. The minimum absolute atomic E-state index is 0.183. The lowest BCUT2D eigenvalue weighted by Crippen LogP contribution is -2.30. The number of likely N-dealkylation sites (tertiary alicyclic amines) is 1. The highest BCUT2D eigenvalue weighted by Crippen LogP contribution is 2.51. The van der Waals surface area contributed by atoms with Crippen molar-refractivity contribution in [3.63, 3.8) is 0 Å². The van der Waals surface area contributed by atoms with Crippen LogP contribution in [0.2, 0.25) is 0 Å². The lowest BCUT2D eigenvalue weighted by Gasteiger charge is -2.16. The van der Waals surface area contributed by atoms with Crippen LogP contribution in [0.5, 0.6) is 5.75 Å². The SMILES string of the molecule is O=C(O)N1C[C@@H]2[C@H](COc3c(F)cncc3F)[C@@H]2C1. The number of pyridine rings is 1. The van der Waals surface area contributed by atoms with Crippen molar-refractivity contribution in [3.05, 3.63) is 24.0 Å². The van der Waals surface area contributed by atoms with Gasteiger partial charge in [0.15, 0.2) is 17.4 Å². The molecule has 1 N–H and O–H groups in total. The van der Waals surface area contributed by atoms with Gasteiger partial charge in [-0.05, 0) is 11.8 Å². The zero-order chi connectivity index (χ0) is 13.6. The number of aromatic nitrogens is 1. The summed E-state index contributed by atoms with van der Waals surface area (Å²) in [6, 6.07) is 0. The predicted molar refractivity (Wildman–Crippen MR) is 59.7 cm³/mol. The molecule has 1 aliphatic heterocycles. The van der Waals surface area contributed by atoms with Gasteiger partial charge in [0.2, 0.25) is 0 Å². The first-order valence-electron chi connectivity index (χ1n) is 5.97. The van der Waals surface area contributed by atoms with Crippen LogP contribution in [0.4, 0.5) is 13.6 Å². The number of nitrogens with zero attached hydrogens (tertiary/aromatic N) is 2. The van der Waals surface area contributed by atoms with Crippen LogP contribution >= 0.6 is 0 Å². The number of rotatable bonds is 3. The van der Waals surface area contributed by atoms with E-state index in [9.17, 15) is 13.6 Å². The van der Waals surface area contributed by atoms with Crippen molar-refractivity contribution in [2.45, 2.75) is 0 Å². The summed E-state index contributed by atoms with van der Waals surface area (Å²) in [6.45, 7) is 1.17. The Bertz CT molecular complexity index is 493. The van der Waals surface area contributed by atoms with Crippen LogP contribution in [0.15, 0.2) is 12.4 Å². The van der Waals surface area contributed by atoms with Gasteiger partial charge in [-0.15, -0.1) is 0 Å². The summed E-state index contributed by atoms with van der Waals surface area (Å²) in [7, 11) is 0. The van der Waals surface area contributed by atoms with E-state index in [2.05, 4.69) is 4.98 Å². The van der Waals surface area contributed by atoms with Gasteiger partial charge in [0.05, 0.1) is 19.0 Å². The van der Waals surface area contributed by atoms with Gasteiger partial charge in [-0.2, -0.15) is 0 Å². The van der Waals surface area contributed by atoms with E-state index in [0.29, 0.717) is 13.1 Å². The molecule has 0 unspecified atom stereocenters. The third-order valence-electron chi connectivity index (χ3n) is 3.87. The summed E-state index contributed by atoms with van der Waals surface area (Å²) in [5.41, 5.74) is 0. The van der Waals surface area contributed by atoms with Gasteiger partial charge in [0.25, 0.3) is 0 Å². The van der Waals surface area contributed by atoms with Gasteiger partial charge < -0.3 is 14.7 Å². The number of piperidine rings is 1. The monoisotopic (exact) mass is 270 g/mol. The standard InChI is InChI=1S/C12H12F2N2O3/c13-9-1-15-2-10(14)11(9)19-5-8-6-3-16(12(17)18)4-7(6)8/h1-2,6-8H,3-5H2,(H,17,18)/t6-,7+,8-. The molecule has 1 saturated heterocycles. The van der Waals surface area contributed by atoms with Gasteiger partial charge in [-0.3, -0.25) is 4.98 Å². The number of amides is 1. The molecule has 0 radical (unpaired) electrons. The second-order valence-electron chi connectivity index (χ2n) is 4.92. The second-order valence-corrected chi connectivity index (χ2v) is 4.92. The summed E-state index contributed by atoms with van der Waals surface area (Å²) in [5.74, 6) is -1.36. The highest BCUT2D eigenvalue weighted by atomic mass is 19.1. The van der Waals surface area contributed by atoms with Crippen LogP contribution < -0.4 is 4.74 Å². The van der Waals surface area contributed by atoms with Crippen molar-refractivity contribution in [3.8, 4) is 5.75 Å². The van der Waals surface area contributed by atoms with E-state index in [-0.39, 0.29) is 24.4 Å². The molecule has 2 aliphatic rings. The van der Waals surface area contributed by atoms with Crippen molar-refractivity contribution in [2.24, 2.45) is 17.8 Å². The number of fused-ring (bicyclic) bond motifs is 1. The quantitative estimate of drug-likeness (QED) is 0.906. The van der Waals surface area contributed by atoms with E-state index in [1.807, 2.05) is 0 Å². The predicted octanol–water partition coefficient (Wildman–Crippen LogP) is 1.59. The van der Waals surface area contributed by atoms with Crippen molar-refractivity contribution < 1.29 is 23.4 Å². The molecule has 3 atom stereocenters. The third kappa shape index (κ3) is 2.09. The van der Waals surface area contributed by atoms with Gasteiger partial charge in [0, 0.05) is 19.0 Å². The van der Waals surface area contributed by atoms with E-state index >= 15 is 0 Å². The van der Waals surface area contributed by atoms with Crippen LogP contribution in [0, 0.1) is 29.4 Å². The van der Waals surface area contributed by atoms with Crippen molar-refractivity contribution in [1.82, 2.24) is 9.88 Å². The summed E-state index contributed by atoms with van der Waals surface area (Å²) < 4.78 is 31.7. The van der Waals surface area contributed by atoms with E-state index in [1.165, 1.54) is 4.90 Å². The fourth-order valence-electron chi connectivity index (χ4n) is 2.77. The molecule has 5 nitrogen and oxygen atoms in total. The zero-order valence-corrected chi connectivity index (χ0v) is 9.92. The summed E-state index contributed by atoms with van der Waals surface area (Å²) in [5, 5.41) is 8.81. The van der Waals surface area contributed by atoms with Gasteiger partial charge in [-0.1, -0.05) is 0 Å². The van der Waals surface area contributed by atoms with E-state index < -0.39 is 23.5 Å². The van der Waals surface area contributed by atoms with Crippen LogP contribution in [-0.4, -0.2) is 40.8 Å². The van der Waals surface area contributed by atoms with Crippen LogP contribution in [0.1, 0.15) is 0 Å². The molecule has 0 aromatic carbocycles. The Hall–Kier alpha value is -1.92. The van der Waals surface area contributed by atoms with Crippen LogP contribution in [-0.2, 0) is 0 Å². The number of halogens is 2. The molecule has 2 heterocycles. The van der Waals surface area contributed by atoms with E-state index in [4.69, 9.17) is 9.84 Å². The maximum atomic E-state index is 13.3. The Kier molecular flexibility index (Phi) is 2.76. The molecule has 19 heavy (non-hydrogen) atoms. The minimum Gasteiger partial charge on any atom is -0.487 e. The minimum atomic E-state index is -0.918.